The third-order valence-electron chi connectivity index (χ3n) is 5.24. The van der Waals surface area contributed by atoms with Gasteiger partial charge in [0.1, 0.15) is 11.4 Å². The second kappa shape index (κ2) is 6.84. The van der Waals surface area contributed by atoms with Crippen LogP contribution < -0.4 is 5.32 Å². The van der Waals surface area contributed by atoms with Crippen LogP contribution in [0.1, 0.15) is 34.6 Å². The average Bonchev–Trinajstić information content (AvgIpc) is 3.32. The van der Waals surface area contributed by atoms with Gasteiger partial charge in [0.05, 0.1) is 11.2 Å². The van der Waals surface area contributed by atoms with E-state index >= 15 is 0 Å². The summed E-state index contributed by atoms with van der Waals surface area (Å²) in [6.07, 6.45) is 1.14. The number of halogens is 2. The lowest BCUT2D eigenvalue weighted by Crippen LogP contribution is -2.42. The Bertz CT molecular complexity index is 1130. The molecule has 2 aliphatic rings. The lowest BCUT2D eigenvalue weighted by molar-refractivity contribution is -0.0494. The molecule has 1 saturated heterocycles. The van der Waals surface area contributed by atoms with E-state index in [9.17, 15) is 13.6 Å². The molecule has 0 atom stereocenters. The summed E-state index contributed by atoms with van der Waals surface area (Å²) in [5.74, 6) is -2.25. The maximum Gasteiger partial charge on any atom is 0.274 e. The van der Waals surface area contributed by atoms with Crippen molar-refractivity contribution >= 4 is 39.0 Å². The standard InChI is InChI=1S/C20H17F2N5OS/c21-20(22)5-8-27(9-6-20)19(28)17-14-4-3-13(10-15(14)29-26-17)25-18-16-12(11-24-18)2-1-7-23-16/h1-4,7,10H,5-6,8-9,11H2,(H,24,25). The van der Waals surface area contributed by atoms with Crippen molar-refractivity contribution in [1.29, 1.82) is 0 Å². The largest absolute Gasteiger partial charge is 0.339 e. The number of benzene rings is 1. The number of anilines is 1. The highest BCUT2D eigenvalue weighted by atomic mass is 32.1. The van der Waals surface area contributed by atoms with Gasteiger partial charge in [0, 0.05) is 48.8 Å². The maximum atomic E-state index is 13.4. The summed E-state index contributed by atoms with van der Waals surface area (Å²) in [5, 5.41) is 4.02. The molecule has 5 rings (SSSR count). The van der Waals surface area contributed by atoms with E-state index in [1.165, 1.54) is 16.4 Å². The highest BCUT2D eigenvalue weighted by Crippen LogP contribution is 2.31. The molecular weight excluding hydrogens is 396 g/mol. The molecule has 2 aromatic heterocycles. The zero-order chi connectivity index (χ0) is 20.0. The molecular formula is C20H17F2N5OS. The van der Waals surface area contributed by atoms with Gasteiger partial charge in [0.15, 0.2) is 5.84 Å². The molecule has 4 heterocycles. The highest BCUT2D eigenvalue weighted by Gasteiger charge is 2.36. The third-order valence-corrected chi connectivity index (χ3v) is 6.05. The second-order valence-electron chi connectivity index (χ2n) is 7.19. The van der Waals surface area contributed by atoms with Crippen molar-refractivity contribution in [1.82, 2.24) is 14.3 Å². The highest BCUT2D eigenvalue weighted by molar-refractivity contribution is 7.13. The molecule has 148 valence electrons. The molecule has 1 N–H and O–H groups in total. The van der Waals surface area contributed by atoms with E-state index in [4.69, 9.17) is 0 Å². The Morgan fingerprint density at radius 1 is 1.21 bits per heavy atom. The van der Waals surface area contributed by atoms with Crippen LogP contribution in [0.2, 0.25) is 0 Å². The summed E-state index contributed by atoms with van der Waals surface area (Å²) in [7, 11) is 0. The molecule has 3 aromatic rings. The van der Waals surface area contributed by atoms with Crippen LogP contribution in [0.15, 0.2) is 41.5 Å². The predicted molar refractivity (Wildman–Crippen MR) is 108 cm³/mol. The van der Waals surface area contributed by atoms with Gasteiger partial charge in [-0.1, -0.05) is 6.07 Å². The Morgan fingerprint density at radius 3 is 2.86 bits per heavy atom. The van der Waals surface area contributed by atoms with Gasteiger partial charge in [0.2, 0.25) is 0 Å². The Morgan fingerprint density at radius 2 is 2.03 bits per heavy atom. The summed E-state index contributed by atoms with van der Waals surface area (Å²) < 4.78 is 31.9. The van der Waals surface area contributed by atoms with Gasteiger partial charge in [-0.15, -0.1) is 0 Å². The normalized spacial score (nSPS) is 17.9. The molecule has 0 saturated carbocycles. The van der Waals surface area contributed by atoms with Gasteiger partial charge < -0.3 is 10.2 Å². The molecule has 1 amide bonds. The number of nitrogens with one attached hydrogen (secondary N) is 1. The molecule has 6 nitrogen and oxygen atoms in total. The summed E-state index contributed by atoms with van der Waals surface area (Å²) in [6, 6.07) is 9.50. The van der Waals surface area contributed by atoms with E-state index in [0.717, 1.165) is 32.9 Å². The lowest BCUT2D eigenvalue weighted by Gasteiger charge is -2.31. The SMILES string of the molecule is O=C(c1nsc2cc(NC3=NCc4cccnc43)ccc12)N1CCC(F)(F)CC1. The van der Waals surface area contributed by atoms with E-state index < -0.39 is 5.92 Å². The number of amides is 1. The number of alkyl halides is 2. The van der Waals surface area contributed by atoms with Crippen LogP contribution in [-0.2, 0) is 6.54 Å². The van der Waals surface area contributed by atoms with E-state index in [2.05, 4.69) is 19.7 Å². The number of rotatable bonds is 2. The molecule has 9 heteroatoms. The Kier molecular flexibility index (Phi) is 4.27. The number of carbonyl (C=O) groups is 1. The first-order valence-electron chi connectivity index (χ1n) is 9.32. The fourth-order valence-corrected chi connectivity index (χ4v) is 4.42. The van der Waals surface area contributed by atoms with Crippen LogP contribution in [0.3, 0.4) is 0 Å². The van der Waals surface area contributed by atoms with Crippen molar-refractivity contribution in [3.8, 4) is 0 Å². The summed E-state index contributed by atoms with van der Waals surface area (Å²) >= 11 is 1.22. The second-order valence-corrected chi connectivity index (χ2v) is 8.00. The van der Waals surface area contributed by atoms with Crippen LogP contribution in [-0.4, -0.2) is 45.0 Å². The van der Waals surface area contributed by atoms with Crippen LogP contribution in [0.4, 0.5) is 14.5 Å². The van der Waals surface area contributed by atoms with Crippen molar-refractivity contribution in [2.45, 2.75) is 25.3 Å². The van der Waals surface area contributed by atoms with Gasteiger partial charge in [-0.2, -0.15) is 4.37 Å². The zero-order valence-corrected chi connectivity index (χ0v) is 16.2. The summed E-state index contributed by atoms with van der Waals surface area (Å²) in [4.78, 5) is 23.1. The molecule has 0 radical (unpaired) electrons. The van der Waals surface area contributed by atoms with Crippen LogP contribution in [0, 0.1) is 0 Å². The number of aliphatic imine (C=N–C) groups is 1. The number of hydrogen-bond acceptors (Lipinski definition) is 6. The molecule has 29 heavy (non-hydrogen) atoms. The van der Waals surface area contributed by atoms with Crippen LogP contribution in [0.25, 0.3) is 10.1 Å². The first-order chi connectivity index (χ1) is 14.0. The first-order valence-corrected chi connectivity index (χ1v) is 10.1. The van der Waals surface area contributed by atoms with Crippen molar-refractivity contribution in [2.75, 3.05) is 18.4 Å². The van der Waals surface area contributed by atoms with Crippen LogP contribution >= 0.6 is 11.5 Å². The van der Waals surface area contributed by atoms with Crippen molar-refractivity contribution in [3.05, 3.63) is 53.5 Å². The van der Waals surface area contributed by atoms with Crippen molar-refractivity contribution in [2.24, 2.45) is 4.99 Å². The monoisotopic (exact) mass is 413 g/mol. The van der Waals surface area contributed by atoms with Gasteiger partial charge in [0.25, 0.3) is 11.8 Å². The van der Waals surface area contributed by atoms with E-state index in [1.54, 1.807) is 6.20 Å². The van der Waals surface area contributed by atoms with E-state index in [0.29, 0.717) is 12.2 Å². The quantitative estimate of drug-likeness (QED) is 0.691. The molecule has 1 fully saturated rings. The van der Waals surface area contributed by atoms with E-state index in [-0.39, 0.29) is 31.8 Å². The number of nitrogens with zero attached hydrogens (tertiary/aromatic N) is 4. The van der Waals surface area contributed by atoms with Gasteiger partial charge >= 0.3 is 0 Å². The summed E-state index contributed by atoms with van der Waals surface area (Å²) in [6.45, 7) is 0.704. The minimum atomic E-state index is -2.68. The molecule has 1 aromatic carbocycles. The first kappa shape index (κ1) is 18.1. The van der Waals surface area contributed by atoms with Crippen molar-refractivity contribution in [3.63, 3.8) is 0 Å². The third kappa shape index (κ3) is 3.35. The predicted octanol–water partition coefficient (Wildman–Crippen LogP) is 3.93. The zero-order valence-electron chi connectivity index (χ0n) is 15.4. The Balaban J connectivity index is 1.36. The number of pyridine rings is 1. The number of aromatic nitrogens is 2. The fourth-order valence-electron chi connectivity index (χ4n) is 3.61. The minimum absolute atomic E-state index is 0.0523. The molecule has 0 bridgehead atoms. The van der Waals surface area contributed by atoms with Gasteiger partial charge in [-0.05, 0) is 35.8 Å². The smallest absolute Gasteiger partial charge is 0.274 e. The number of carbonyl (C=O) groups excluding carboxylic acids is 1. The number of hydrogen-bond donors (Lipinski definition) is 1. The van der Waals surface area contributed by atoms with Gasteiger partial charge in [-0.25, -0.2) is 8.78 Å². The maximum absolute atomic E-state index is 13.4. The Hall–Kier alpha value is -2.94. The summed E-state index contributed by atoms with van der Waals surface area (Å²) in [5.41, 5.74) is 3.07. The molecule has 0 unspecified atom stereocenters. The van der Waals surface area contributed by atoms with E-state index in [1.807, 2.05) is 30.3 Å². The number of likely N-dealkylation sites (tertiary alicyclic amines) is 1. The average molecular weight is 413 g/mol. The van der Waals surface area contributed by atoms with Crippen molar-refractivity contribution < 1.29 is 13.6 Å². The Labute approximate surface area is 169 Å². The minimum Gasteiger partial charge on any atom is -0.339 e. The number of fused-ring (bicyclic) bond motifs is 2. The van der Waals surface area contributed by atoms with Gasteiger partial charge in [-0.3, -0.25) is 14.8 Å². The number of amidine groups is 1. The van der Waals surface area contributed by atoms with Crippen LogP contribution in [0.5, 0.6) is 0 Å². The molecule has 0 aliphatic carbocycles. The topological polar surface area (TPSA) is 70.5 Å². The molecule has 0 spiro atoms. The number of piperidine rings is 1. The lowest BCUT2D eigenvalue weighted by atomic mass is 10.1. The molecule has 2 aliphatic heterocycles. The fraction of sp³-hybridized carbons (Fsp3) is 0.300.